The van der Waals surface area contributed by atoms with Crippen LogP contribution in [0.4, 0.5) is 0 Å². The molecule has 0 aromatic heterocycles. The number of hydrogen-bond donors (Lipinski definition) is 1. The first-order valence-corrected chi connectivity index (χ1v) is 6.78. The number of amides is 1. The Morgan fingerprint density at radius 1 is 1.17 bits per heavy atom. The van der Waals surface area contributed by atoms with Crippen molar-refractivity contribution < 1.29 is 4.79 Å². The van der Waals surface area contributed by atoms with Crippen molar-refractivity contribution in [2.45, 2.75) is 38.8 Å². The van der Waals surface area contributed by atoms with Crippen molar-refractivity contribution in [2.75, 3.05) is 13.1 Å². The number of nitrogens with zero attached hydrogens (tertiary/aromatic N) is 1. The van der Waals surface area contributed by atoms with E-state index in [0.717, 1.165) is 25.9 Å². The molecule has 0 aliphatic carbocycles. The number of carbonyl (C=O) groups is 1. The first-order valence-electron chi connectivity index (χ1n) is 6.78. The average molecular weight is 246 g/mol. The van der Waals surface area contributed by atoms with E-state index in [9.17, 15) is 4.79 Å². The SMILES string of the molecule is CC(N[C@@H](C)c1ccccc1)C(=O)N1CCCC1. The van der Waals surface area contributed by atoms with Crippen LogP contribution in [0.15, 0.2) is 30.3 Å². The maximum Gasteiger partial charge on any atom is 0.239 e. The molecule has 1 fully saturated rings. The largest absolute Gasteiger partial charge is 0.341 e. The van der Waals surface area contributed by atoms with Gasteiger partial charge in [-0.1, -0.05) is 30.3 Å². The normalized spacial score (nSPS) is 18.7. The molecule has 1 aromatic rings. The summed E-state index contributed by atoms with van der Waals surface area (Å²) in [5.41, 5.74) is 1.22. The molecule has 0 saturated carbocycles. The molecule has 0 spiro atoms. The molecule has 1 amide bonds. The Bertz CT molecular complexity index is 385. The Balaban J connectivity index is 1.90. The van der Waals surface area contributed by atoms with Crippen molar-refractivity contribution in [3.63, 3.8) is 0 Å². The van der Waals surface area contributed by atoms with E-state index in [1.807, 2.05) is 30.0 Å². The molecule has 2 rings (SSSR count). The Hall–Kier alpha value is -1.35. The van der Waals surface area contributed by atoms with Crippen molar-refractivity contribution in [2.24, 2.45) is 0 Å². The lowest BCUT2D eigenvalue weighted by atomic mass is 10.1. The summed E-state index contributed by atoms with van der Waals surface area (Å²) in [7, 11) is 0. The second-order valence-corrected chi connectivity index (χ2v) is 5.05. The summed E-state index contributed by atoms with van der Waals surface area (Å²) in [6.07, 6.45) is 2.29. The van der Waals surface area contributed by atoms with Crippen LogP contribution in [0.25, 0.3) is 0 Å². The highest BCUT2D eigenvalue weighted by atomic mass is 16.2. The van der Waals surface area contributed by atoms with Gasteiger partial charge in [0.2, 0.25) is 5.91 Å². The van der Waals surface area contributed by atoms with Crippen molar-refractivity contribution >= 4 is 5.91 Å². The monoisotopic (exact) mass is 246 g/mol. The molecule has 0 bridgehead atoms. The number of benzene rings is 1. The van der Waals surface area contributed by atoms with E-state index in [1.165, 1.54) is 5.56 Å². The third-order valence-electron chi connectivity index (χ3n) is 3.59. The summed E-state index contributed by atoms with van der Waals surface area (Å²) in [4.78, 5) is 14.1. The van der Waals surface area contributed by atoms with Crippen LogP contribution < -0.4 is 5.32 Å². The molecule has 0 radical (unpaired) electrons. The van der Waals surface area contributed by atoms with Gasteiger partial charge in [-0.05, 0) is 32.3 Å². The summed E-state index contributed by atoms with van der Waals surface area (Å²) in [6, 6.07) is 10.3. The van der Waals surface area contributed by atoms with Crippen LogP contribution in [0.3, 0.4) is 0 Å². The first-order chi connectivity index (χ1) is 8.68. The fraction of sp³-hybridized carbons (Fsp3) is 0.533. The summed E-state index contributed by atoms with van der Waals surface area (Å²) in [6.45, 7) is 5.90. The number of rotatable bonds is 4. The van der Waals surface area contributed by atoms with E-state index in [-0.39, 0.29) is 18.0 Å². The van der Waals surface area contributed by atoms with Crippen LogP contribution in [0.1, 0.15) is 38.3 Å². The summed E-state index contributed by atoms with van der Waals surface area (Å²) in [5, 5.41) is 3.38. The standard InChI is InChI=1S/C15H22N2O/c1-12(14-8-4-3-5-9-14)16-13(2)15(18)17-10-6-7-11-17/h3-5,8-9,12-13,16H,6-7,10-11H2,1-2H3/t12-,13?/m0/s1. The van der Waals surface area contributed by atoms with Gasteiger partial charge >= 0.3 is 0 Å². The molecule has 1 heterocycles. The van der Waals surface area contributed by atoms with Crippen LogP contribution in [-0.4, -0.2) is 29.9 Å². The van der Waals surface area contributed by atoms with Gasteiger partial charge in [0.25, 0.3) is 0 Å². The molecular formula is C15H22N2O. The Kier molecular flexibility index (Phi) is 4.37. The van der Waals surface area contributed by atoms with E-state index in [0.29, 0.717) is 0 Å². The average Bonchev–Trinajstić information content (AvgIpc) is 2.92. The van der Waals surface area contributed by atoms with E-state index < -0.39 is 0 Å². The van der Waals surface area contributed by atoms with Gasteiger partial charge in [-0.3, -0.25) is 10.1 Å². The van der Waals surface area contributed by atoms with Gasteiger partial charge in [-0.25, -0.2) is 0 Å². The number of likely N-dealkylation sites (tertiary alicyclic amines) is 1. The van der Waals surface area contributed by atoms with Gasteiger partial charge in [0.05, 0.1) is 6.04 Å². The number of carbonyl (C=O) groups excluding carboxylic acids is 1. The van der Waals surface area contributed by atoms with Gasteiger partial charge in [0.1, 0.15) is 0 Å². The van der Waals surface area contributed by atoms with Crippen molar-refractivity contribution in [3.8, 4) is 0 Å². The zero-order valence-electron chi connectivity index (χ0n) is 11.2. The molecule has 1 aromatic carbocycles. The molecule has 18 heavy (non-hydrogen) atoms. The van der Waals surface area contributed by atoms with E-state index in [4.69, 9.17) is 0 Å². The van der Waals surface area contributed by atoms with Gasteiger partial charge < -0.3 is 4.90 Å². The molecule has 1 saturated heterocycles. The predicted octanol–water partition coefficient (Wildman–Crippen LogP) is 2.35. The zero-order valence-corrected chi connectivity index (χ0v) is 11.2. The minimum absolute atomic E-state index is 0.113. The Morgan fingerprint density at radius 3 is 2.39 bits per heavy atom. The van der Waals surface area contributed by atoms with Crippen LogP contribution >= 0.6 is 0 Å². The molecule has 3 nitrogen and oxygen atoms in total. The first kappa shape index (κ1) is 13.1. The molecule has 1 aliphatic rings. The molecule has 3 heteroatoms. The second-order valence-electron chi connectivity index (χ2n) is 5.05. The molecule has 1 aliphatic heterocycles. The highest BCUT2D eigenvalue weighted by Crippen LogP contribution is 2.14. The van der Waals surface area contributed by atoms with E-state index in [2.05, 4.69) is 24.4 Å². The molecule has 2 atom stereocenters. The quantitative estimate of drug-likeness (QED) is 0.884. The fourth-order valence-corrected chi connectivity index (χ4v) is 2.50. The third-order valence-corrected chi connectivity index (χ3v) is 3.59. The lowest BCUT2D eigenvalue weighted by molar-refractivity contribution is -0.132. The van der Waals surface area contributed by atoms with Crippen molar-refractivity contribution in [3.05, 3.63) is 35.9 Å². The number of nitrogens with one attached hydrogen (secondary N) is 1. The predicted molar refractivity (Wildman–Crippen MR) is 73.3 cm³/mol. The molecular weight excluding hydrogens is 224 g/mol. The summed E-state index contributed by atoms with van der Waals surface area (Å²) >= 11 is 0. The second kappa shape index (κ2) is 6.01. The van der Waals surface area contributed by atoms with E-state index in [1.54, 1.807) is 0 Å². The molecule has 1 unspecified atom stereocenters. The topological polar surface area (TPSA) is 32.3 Å². The maximum absolute atomic E-state index is 12.2. The van der Waals surface area contributed by atoms with Crippen LogP contribution in [0.2, 0.25) is 0 Å². The zero-order chi connectivity index (χ0) is 13.0. The van der Waals surface area contributed by atoms with Gasteiger partial charge in [-0.15, -0.1) is 0 Å². The lowest BCUT2D eigenvalue weighted by Crippen LogP contribution is -2.44. The Morgan fingerprint density at radius 2 is 1.78 bits per heavy atom. The van der Waals surface area contributed by atoms with Crippen molar-refractivity contribution in [1.82, 2.24) is 10.2 Å². The summed E-state index contributed by atoms with van der Waals surface area (Å²) in [5.74, 6) is 0.232. The van der Waals surface area contributed by atoms with Crippen LogP contribution in [-0.2, 0) is 4.79 Å². The highest BCUT2D eigenvalue weighted by Gasteiger charge is 2.24. The maximum atomic E-state index is 12.2. The van der Waals surface area contributed by atoms with Crippen LogP contribution in [0.5, 0.6) is 0 Å². The third kappa shape index (κ3) is 3.10. The smallest absolute Gasteiger partial charge is 0.239 e. The minimum Gasteiger partial charge on any atom is -0.341 e. The number of hydrogen-bond acceptors (Lipinski definition) is 2. The minimum atomic E-state index is -0.113. The lowest BCUT2D eigenvalue weighted by Gasteiger charge is -2.24. The summed E-state index contributed by atoms with van der Waals surface area (Å²) < 4.78 is 0. The highest BCUT2D eigenvalue weighted by molar-refractivity contribution is 5.81. The van der Waals surface area contributed by atoms with Gasteiger partial charge in [0.15, 0.2) is 0 Å². The Labute approximate surface area is 109 Å². The van der Waals surface area contributed by atoms with E-state index >= 15 is 0 Å². The molecule has 98 valence electrons. The fourth-order valence-electron chi connectivity index (χ4n) is 2.50. The molecule has 1 N–H and O–H groups in total. The van der Waals surface area contributed by atoms with Gasteiger partial charge in [-0.2, -0.15) is 0 Å². The van der Waals surface area contributed by atoms with Gasteiger partial charge in [0, 0.05) is 19.1 Å². The van der Waals surface area contributed by atoms with Crippen molar-refractivity contribution in [1.29, 1.82) is 0 Å². The van der Waals surface area contributed by atoms with Crippen LogP contribution in [0, 0.1) is 0 Å².